The van der Waals surface area contributed by atoms with Crippen LogP contribution in [0, 0.1) is 5.41 Å². The average molecular weight is 252 g/mol. The van der Waals surface area contributed by atoms with Crippen LogP contribution in [0.1, 0.15) is 52.4 Å². The van der Waals surface area contributed by atoms with Crippen LogP contribution in [0.5, 0.6) is 0 Å². The van der Waals surface area contributed by atoms with Crippen molar-refractivity contribution in [3.8, 4) is 0 Å². The molecule has 2 rings (SSSR count). The van der Waals surface area contributed by atoms with Crippen molar-refractivity contribution in [3.63, 3.8) is 0 Å². The number of hydrogen-bond donors (Lipinski definition) is 1. The fourth-order valence-electron chi connectivity index (χ4n) is 2.92. The fraction of sp³-hybridized carbons (Fsp3) is 0.857. The average Bonchev–Trinajstić information content (AvgIpc) is 2.27. The first-order valence-electron chi connectivity index (χ1n) is 7.04. The van der Waals surface area contributed by atoms with Gasteiger partial charge in [-0.3, -0.25) is 14.5 Å². The van der Waals surface area contributed by atoms with Crippen molar-refractivity contribution in [2.24, 2.45) is 5.41 Å². The molecule has 0 radical (unpaired) electrons. The van der Waals surface area contributed by atoms with Crippen LogP contribution in [0.15, 0.2) is 0 Å². The van der Waals surface area contributed by atoms with Gasteiger partial charge in [-0.2, -0.15) is 0 Å². The van der Waals surface area contributed by atoms with Gasteiger partial charge in [-0.05, 0) is 31.2 Å². The van der Waals surface area contributed by atoms with E-state index in [4.69, 9.17) is 0 Å². The number of carbonyl (C=O) groups is 2. The molecule has 102 valence electrons. The summed E-state index contributed by atoms with van der Waals surface area (Å²) in [6, 6.07) is 0.481. The zero-order valence-electron chi connectivity index (χ0n) is 11.5. The van der Waals surface area contributed by atoms with E-state index in [2.05, 4.69) is 5.32 Å². The Morgan fingerprint density at radius 1 is 1.22 bits per heavy atom. The molecule has 2 saturated heterocycles. The number of rotatable bonds is 3. The Kier molecular flexibility index (Phi) is 4.05. The number of likely N-dealkylation sites (tertiary alicyclic amines) is 1. The summed E-state index contributed by atoms with van der Waals surface area (Å²) in [6.45, 7) is 5.64. The van der Waals surface area contributed by atoms with Gasteiger partial charge in [0.05, 0.1) is 0 Å². The van der Waals surface area contributed by atoms with Crippen molar-refractivity contribution in [2.45, 2.75) is 58.4 Å². The summed E-state index contributed by atoms with van der Waals surface area (Å²) in [7, 11) is 0. The molecule has 2 heterocycles. The first kappa shape index (κ1) is 13.5. The third kappa shape index (κ3) is 3.31. The third-order valence-electron chi connectivity index (χ3n) is 3.98. The molecule has 2 fully saturated rings. The Bertz CT molecular complexity index is 313. The number of amides is 2. The van der Waals surface area contributed by atoms with Crippen LogP contribution in [-0.4, -0.2) is 35.8 Å². The van der Waals surface area contributed by atoms with Crippen molar-refractivity contribution in [3.05, 3.63) is 0 Å². The van der Waals surface area contributed by atoms with Crippen molar-refractivity contribution >= 4 is 11.8 Å². The Morgan fingerprint density at radius 3 is 2.44 bits per heavy atom. The predicted octanol–water partition coefficient (Wildman–Crippen LogP) is 1.69. The molecule has 0 bridgehead atoms. The minimum atomic E-state index is -0.159. The van der Waals surface area contributed by atoms with Gasteiger partial charge in [0.2, 0.25) is 11.8 Å². The lowest BCUT2D eigenvalue weighted by Gasteiger charge is -2.35. The molecule has 0 aromatic heterocycles. The van der Waals surface area contributed by atoms with E-state index < -0.39 is 0 Å². The predicted molar refractivity (Wildman–Crippen MR) is 70.0 cm³/mol. The standard InChI is InChI=1S/C14H24N2O2/c1-14(2)9-12(17)16(13(18)10-14)8-6-11-5-3-4-7-15-11/h11,15H,3-10H2,1-2H3. The Labute approximate surface area is 109 Å². The minimum absolute atomic E-state index is 0.00654. The van der Waals surface area contributed by atoms with Crippen molar-refractivity contribution in [1.29, 1.82) is 0 Å². The molecule has 2 amide bonds. The van der Waals surface area contributed by atoms with E-state index in [0.29, 0.717) is 25.4 Å². The molecule has 2 aliphatic heterocycles. The summed E-state index contributed by atoms with van der Waals surface area (Å²) in [5.74, 6) is 0.0131. The summed E-state index contributed by atoms with van der Waals surface area (Å²) >= 11 is 0. The zero-order chi connectivity index (χ0) is 13.2. The highest BCUT2D eigenvalue weighted by Crippen LogP contribution is 2.31. The molecular formula is C14H24N2O2. The van der Waals surface area contributed by atoms with Gasteiger partial charge in [0.15, 0.2) is 0 Å². The maximum Gasteiger partial charge on any atom is 0.229 e. The first-order chi connectivity index (χ1) is 8.48. The van der Waals surface area contributed by atoms with Gasteiger partial charge in [0.25, 0.3) is 0 Å². The van der Waals surface area contributed by atoms with Gasteiger partial charge in [0, 0.05) is 25.4 Å². The molecule has 0 spiro atoms. The second kappa shape index (κ2) is 5.39. The van der Waals surface area contributed by atoms with Crippen LogP contribution in [0.4, 0.5) is 0 Å². The van der Waals surface area contributed by atoms with E-state index in [1.807, 2.05) is 13.8 Å². The lowest BCUT2D eigenvalue weighted by atomic mass is 9.81. The van der Waals surface area contributed by atoms with Crippen LogP contribution >= 0.6 is 0 Å². The molecule has 2 aliphatic rings. The Morgan fingerprint density at radius 2 is 1.89 bits per heavy atom. The third-order valence-corrected chi connectivity index (χ3v) is 3.98. The number of imide groups is 1. The first-order valence-corrected chi connectivity index (χ1v) is 7.04. The summed E-state index contributed by atoms with van der Waals surface area (Å²) < 4.78 is 0. The van der Waals surface area contributed by atoms with E-state index in [0.717, 1.165) is 13.0 Å². The van der Waals surface area contributed by atoms with Gasteiger partial charge in [-0.15, -0.1) is 0 Å². The van der Waals surface area contributed by atoms with Gasteiger partial charge in [-0.1, -0.05) is 20.3 Å². The van der Waals surface area contributed by atoms with Gasteiger partial charge in [-0.25, -0.2) is 0 Å². The SMILES string of the molecule is CC1(C)CC(=O)N(CCC2CCCCN2)C(=O)C1. The highest BCUT2D eigenvalue weighted by atomic mass is 16.2. The molecule has 1 unspecified atom stereocenters. The zero-order valence-corrected chi connectivity index (χ0v) is 11.5. The van der Waals surface area contributed by atoms with E-state index in [1.165, 1.54) is 24.2 Å². The van der Waals surface area contributed by atoms with Crippen LogP contribution in [-0.2, 0) is 9.59 Å². The molecular weight excluding hydrogens is 228 g/mol. The summed E-state index contributed by atoms with van der Waals surface area (Å²) in [5.41, 5.74) is -0.159. The van der Waals surface area contributed by atoms with Crippen LogP contribution in [0.3, 0.4) is 0 Å². The number of piperidine rings is 2. The van der Waals surface area contributed by atoms with Gasteiger partial charge < -0.3 is 5.32 Å². The molecule has 0 aromatic rings. The van der Waals surface area contributed by atoms with Gasteiger partial charge in [0.1, 0.15) is 0 Å². The topological polar surface area (TPSA) is 49.4 Å². The maximum absolute atomic E-state index is 12.0. The summed E-state index contributed by atoms with van der Waals surface area (Å²) in [6.07, 6.45) is 5.56. The molecule has 4 heteroatoms. The molecule has 4 nitrogen and oxygen atoms in total. The normalized spacial score (nSPS) is 28.6. The van der Waals surface area contributed by atoms with E-state index in [1.54, 1.807) is 0 Å². The second-order valence-corrected chi connectivity index (χ2v) is 6.39. The van der Waals surface area contributed by atoms with E-state index in [9.17, 15) is 9.59 Å². The van der Waals surface area contributed by atoms with Crippen LogP contribution < -0.4 is 5.32 Å². The molecule has 0 aromatic carbocycles. The fourth-order valence-corrected chi connectivity index (χ4v) is 2.92. The quantitative estimate of drug-likeness (QED) is 0.778. The van der Waals surface area contributed by atoms with Gasteiger partial charge >= 0.3 is 0 Å². The second-order valence-electron chi connectivity index (χ2n) is 6.39. The highest BCUT2D eigenvalue weighted by molar-refractivity contribution is 5.98. The molecule has 1 atom stereocenters. The Balaban J connectivity index is 1.85. The maximum atomic E-state index is 12.0. The van der Waals surface area contributed by atoms with Crippen molar-refractivity contribution in [2.75, 3.05) is 13.1 Å². The molecule has 1 N–H and O–H groups in total. The van der Waals surface area contributed by atoms with E-state index >= 15 is 0 Å². The minimum Gasteiger partial charge on any atom is -0.314 e. The number of hydrogen-bond acceptors (Lipinski definition) is 3. The van der Waals surface area contributed by atoms with E-state index in [-0.39, 0.29) is 17.2 Å². The highest BCUT2D eigenvalue weighted by Gasteiger charge is 2.37. The Hall–Kier alpha value is -0.900. The molecule has 18 heavy (non-hydrogen) atoms. The van der Waals surface area contributed by atoms with Crippen LogP contribution in [0.25, 0.3) is 0 Å². The smallest absolute Gasteiger partial charge is 0.229 e. The number of nitrogens with one attached hydrogen (secondary N) is 1. The lowest BCUT2D eigenvalue weighted by molar-refractivity contribution is -0.152. The molecule has 0 saturated carbocycles. The number of carbonyl (C=O) groups excluding carboxylic acids is 2. The summed E-state index contributed by atoms with van der Waals surface area (Å²) in [5, 5.41) is 3.46. The van der Waals surface area contributed by atoms with Crippen LogP contribution in [0.2, 0.25) is 0 Å². The van der Waals surface area contributed by atoms with Crippen molar-refractivity contribution < 1.29 is 9.59 Å². The lowest BCUT2D eigenvalue weighted by Crippen LogP contribution is -2.48. The molecule has 0 aliphatic carbocycles. The monoisotopic (exact) mass is 252 g/mol. The number of nitrogens with zero attached hydrogens (tertiary/aromatic N) is 1. The summed E-state index contributed by atoms with van der Waals surface area (Å²) in [4.78, 5) is 25.4. The largest absolute Gasteiger partial charge is 0.314 e. The van der Waals surface area contributed by atoms with Crippen molar-refractivity contribution in [1.82, 2.24) is 10.2 Å².